The molecule has 26 heavy (non-hydrogen) atoms. The van der Waals surface area contributed by atoms with Gasteiger partial charge in [-0.05, 0) is 46.4 Å². The van der Waals surface area contributed by atoms with Crippen molar-refractivity contribution in [2.45, 2.75) is 6.42 Å². The van der Waals surface area contributed by atoms with Gasteiger partial charge in [0.15, 0.2) is 0 Å². The highest BCUT2D eigenvalue weighted by Gasteiger charge is 2.14. The van der Waals surface area contributed by atoms with Crippen molar-refractivity contribution in [3.05, 3.63) is 79.9 Å². The van der Waals surface area contributed by atoms with Crippen molar-refractivity contribution in [2.75, 3.05) is 6.61 Å². The molecular weight excluding hydrogens is 449 g/mol. The van der Waals surface area contributed by atoms with Gasteiger partial charge in [0.2, 0.25) is 5.91 Å². The maximum atomic E-state index is 11.9. The van der Waals surface area contributed by atoms with Gasteiger partial charge in [0.05, 0.1) is 21.1 Å². The summed E-state index contributed by atoms with van der Waals surface area (Å²) in [6.07, 6.45) is 3.04. The molecule has 0 unspecified atom stereocenters. The fraction of sp³-hybridized carbons (Fsp3) is 0.111. The van der Waals surface area contributed by atoms with Crippen LogP contribution in [0.15, 0.2) is 60.2 Å². The number of benzene rings is 2. The van der Waals surface area contributed by atoms with Gasteiger partial charge in [-0.15, -0.1) is 0 Å². The van der Waals surface area contributed by atoms with Crippen LogP contribution in [0.2, 0.25) is 0 Å². The summed E-state index contributed by atoms with van der Waals surface area (Å²) in [5.74, 6) is 0.305. The summed E-state index contributed by atoms with van der Waals surface area (Å²) in [6, 6.07) is 11.6. The van der Waals surface area contributed by atoms with Crippen LogP contribution in [0, 0.1) is 13.7 Å². The summed E-state index contributed by atoms with van der Waals surface area (Å²) in [6.45, 7) is 4.02. The third kappa shape index (κ3) is 5.66. The topological polar surface area (TPSA) is 93.8 Å². The number of rotatable bonds is 8. The van der Waals surface area contributed by atoms with Gasteiger partial charge in [0.1, 0.15) is 12.4 Å². The molecule has 0 bridgehead atoms. The van der Waals surface area contributed by atoms with Crippen molar-refractivity contribution < 1.29 is 14.5 Å². The second-order valence-electron chi connectivity index (χ2n) is 5.15. The number of carbonyl (C=O) groups is 1. The second kappa shape index (κ2) is 9.66. The average molecular weight is 465 g/mol. The van der Waals surface area contributed by atoms with E-state index in [1.165, 1.54) is 12.3 Å². The number of nitrogens with zero attached hydrogens (tertiary/aromatic N) is 2. The van der Waals surface area contributed by atoms with Crippen molar-refractivity contribution in [1.29, 1.82) is 0 Å². The lowest BCUT2D eigenvalue weighted by atomic mass is 10.1. The smallest absolute Gasteiger partial charge is 0.273 e. The number of nitro groups is 1. The van der Waals surface area contributed by atoms with Gasteiger partial charge in [-0.1, -0.05) is 30.9 Å². The van der Waals surface area contributed by atoms with E-state index < -0.39 is 10.8 Å². The zero-order chi connectivity index (χ0) is 18.9. The first-order valence-electron chi connectivity index (χ1n) is 7.58. The molecule has 134 valence electrons. The first kappa shape index (κ1) is 19.6. The molecule has 0 aliphatic heterocycles. The molecule has 8 heteroatoms. The highest BCUT2D eigenvalue weighted by molar-refractivity contribution is 14.1. The largest absolute Gasteiger partial charge is 0.488 e. The number of hydrazone groups is 1. The molecule has 0 atom stereocenters. The molecule has 0 aromatic heterocycles. The van der Waals surface area contributed by atoms with Crippen molar-refractivity contribution in [3.8, 4) is 5.75 Å². The van der Waals surface area contributed by atoms with Gasteiger partial charge in [0.25, 0.3) is 5.69 Å². The van der Waals surface area contributed by atoms with Crippen LogP contribution in [0.3, 0.4) is 0 Å². The summed E-state index contributed by atoms with van der Waals surface area (Å²) >= 11 is 2.14. The van der Waals surface area contributed by atoms with Gasteiger partial charge in [-0.2, -0.15) is 5.10 Å². The van der Waals surface area contributed by atoms with Crippen LogP contribution in [0.5, 0.6) is 5.75 Å². The molecule has 0 fully saturated rings. The Morgan fingerprint density at radius 1 is 1.35 bits per heavy atom. The number of hydrogen-bond acceptors (Lipinski definition) is 5. The Bertz CT molecular complexity index is 852. The highest BCUT2D eigenvalue weighted by Crippen LogP contribution is 2.21. The number of nitrogens with one attached hydrogen (secondary N) is 1. The van der Waals surface area contributed by atoms with Crippen LogP contribution in [-0.4, -0.2) is 23.7 Å². The van der Waals surface area contributed by atoms with E-state index in [0.717, 1.165) is 14.9 Å². The van der Waals surface area contributed by atoms with E-state index in [-0.39, 0.29) is 12.1 Å². The zero-order valence-corrected chi connectivity index (χ0v) is 15.9. The van der Waals surface area contributed by atoms with Crippen LogP contribution in [0.1, 0.15) is 11.1 Å². The van der Waals surface area contributed by atoms with E-state index in [9.17, 15) is 14.9 Å². The fourth-order valence-corrected chi connectivity index (χ4v) is 2.79. The van der Waals surface area contributed by atoms with Crippen molar-refractivity contribution in [3.63, 3.8) is 0 Å². The Labute approximate surface area is 164 Å². The average Bonchev–Trinajstić information content (AvgIpc) is 2.61. The third-order valence-corrected chi connectivity index (χ3v) is 4.10. The lowest BCUT2D eigenvalue weighted by molar-refractivity contribution is -0.385. The van der Waals surface area contributed by atoms with Crippen LogP contribution in [0.4, 0.5) is 5.69 Å². The van der Waals surface area contributed by atoms with E-state index in [2.05, 4.69) is 39.7 Å². The monoisotopic (exact) mass is 465 g/mol. The minimum Gasteiger partial charge on any atom is -0.488 e. The zero-order valence-electron chi connectivity index (χ0n) is 13.7. The first-order chi connectivity index (χ1) is 12.5. The quantitative estimate of drug-likeness (QED) is 0.213. The van der Waals surface area contributed by atoms with Crippen LogP contribution < -0.4 is 10.2 Å². The predicted molar refractivity (Wildman–Crippen MR) is 107 cm³/mol. The molecule has 0 spiro atoms. The van der Waals surface area contributed by atoms with Crippen LogP contribution in [0.25, 0.3) is 0 Å². The number of halogens is 1. The lowest BCUT2D eigenvalue weighted by Gasteiger charge is -2.06. The summed E-state index contributed by atoms with van der Waals surface area (Å²) in [5, 5.41) is 14.8. The number of hydrogen-bond donors (Lipinski definition) is 1. The number of ether oxygens (including phenoxy) is 1. The summed E-state index contributed by atoms with van der Waals surface area (Å²) in [4.78, 5) is 22.4. The molecule has 2 aromatic carbocycles. The third-order valence-electron chi connectivity index (χ3n) is 3.25. The Balaban J connectivity index is 1.96. The molecule has 0 saturated carbocycles. The Hall–Kier alpha value is -2.75. The molecule has 0 radical (unpaired) electrons. The van der Waals surface area contributed by atoms with E-state index in [0.29, 0.717) is 12.2 Å². The van der Waals surface area contributed by atoms with Gasteiger partial charge in [0, 0.05) is 11.6 Å². The predicted octanol–water partition coefficient (Wildman–Crippen LogP) is 3.46. The van der Waals surface area contributed by atoms with Crippen LogP contribution >= 0.6 is 22.6 Å². The minimum atomic E-state index is -0.510. The van der Waals surface area contributed by atoms with E-state index >= 15 is 0 Å². The van der Waals surface area contributed by atoms with Crippen LogP contribution in [-0.2, 0) is 11.2 Å². The van der Waals surface area contributed by atoms with Gasteiger partial charge >= 0.3 is 0 Å². The number of para-hydroxylation sites is 1. The first-order valence-corrected chi connectivity index (χ1v) is 8.66. The SMILES string of the molecule is C=CCOc1ccc(/C=N/NC(=O)Cc2ccccc2[N+](=O)[O-])cc1I. The van der Waals surface area contributed by atoms with Gasteiger partial charge in [-0.25, -0.2) is 5.43 Å². The molecule has 0 heterocycles. The molecular formula is C18H16IN3O4. The molecule has 2 rings (SSSR count). The fourth-order valence-electron chi connectivity index (χ4n) is 2.09. The van der Waals surface area contributed by atoms with Gasteiger partial charge in [-0.3, -0.25) is 14.9 Å². The number of carbonyl (C=O) groups excluding carboxylic acids is 1. The minimum absolute atomic E-state index is 0.0868. The second-order valence-corrected chi connectivity index (χ2v) is 6.31. The highest BCUT2D eigenvalue weighted by atomic mass is 127. The summed E-state index contributed by atoms with van der Waals surface area (Å²) < 4.78 is 6.39. The Morgan fingerprint density at radius 3 is 2.81 bits per heavy atom. The summed E-state index contributed by atoms with van der Waals surface area (Å²) in [5.41, 5.74) is 3.41. The van der Waals surface area contributed by atoms with E-state index in [4.69, 9.17) is 4.74 Å². The van der Waals surface area contributed by atoms with Crippen molar-refractivity contribution >= 4 is 40.4 Å². The Kier molecular flexibility index (Phi) is 7.27. The molecule has 1 N–H and O–H groups in total. The van der Waals surface area contributed by atoms with E-state index in [1.54, 1.807) is 30.3 Å². The molecule has 2 aromatic rings. The summed E-state index contributed by atoms with van der Waals surface area (Å²) in [7, 11) is 0. The molecule has 1 amide bonds. The number of amides is 1. The normalized spacial score (nSPS) is 10.5. The van der Waals surface area contributed by atoms with E-state index in [1.807, 2.05) is 12.1 Å². The maximum absolute atomic E-state index is 11.9. The molecule has 7 nitrogen and oxygen atoms in total. The standard InChI is InChI=1S/C18H16IN3O4/c1-2-9-26-17-8-7-13(10-15(17)19)12-20-21-18(23)11-14-5-3-4-6-16(14)22(24)25/h2-8,10,12H,1,9,11H2,(H,21,23)/b20-12+. The Morgan fingerprint density at radius 2 is 2.12 bits per heavy atom. The lowest BCUT2D eigenvalue weighted by Crippen LogP contribution is -2.20. The molecule has 0 saturated heterocycles. The van der Waals surface area contributed by atoms with Gasteiger partial charge < -0.3 is 4.74 Å². The molecule has 0 aliphatic carbocycles. The van der Waals surface area contributed by atoms with Crippen molar-refractivity contribution in [1.82, 2.24) is 5.43 Å². The number of nitro benzene ring substituents is 1. The maximum Gasteiger partial charge on any atom is 0.273 e. The van der Waals surface area contributed by atoms with Crippen molar-refractivity contribution in [2.24, 2.45) is 5.10 Å². The molecule has 0 aliphatic rings.